The van der Waals surface area contributed by atoms with E-state index in [-0.39, 0.29) is 18.1 Å². The van der Waals surface area contributed by atoms with E-state index in [2.05, 4.69) is 45.5 Å². The average Bonchev–Trinajstić information content (AvgIpc) is 3.10. The Morgan fingerprint density at radius 1 is 1.36 bits per heavy atom. The molecule has 2 aromatic rings. The maximum atomic E-state index is 9.68. The predicted octanol–water partition coefficient (Wildman–Crippen LogP) is 1.85. The molecule has 2 atom stereocenters. The van der Waals surface area contributed by atoms with E-state index in [4.69, 9.17) is 5.73 Å². The predicted molar refractivity (Wildman–Crippen MR) is 83.9 cm³/mol. The smallest absolute Gasteiger partial charge is 0.165 e. The Bertz CT molecular complexity index is 817. The van der Waals surface area contributed by atoms with Crippen molar-refractivity contribution in [2.24, 2.45) is 11.3 Å². The monoisotopic (exact) mass is 297 g/mol. The van der Waals surface area contributed by atoms with E-state index in [1.54, 1.807) is 6.33 Å². The van der Waals surface area contributed by atoms with Crippen LogP contribution in [0.25, 0.3) is 11.2 Å². The number of aliphatic hydroxyl groups excluding tert-OH is 1. The van der Waals surface area contributed by atoms with Crippen molar-refractivity contribution in [2.75, 3.05) is 12.3 Å². The molecule has 2 unspecified atom stereocenters. The number of nitrogens with two attached hydrogens (primary N) is 1. The van der Waals surface area contributed by atoms with E-state index < -0.39 is 0 Å². The van der Waals surface area contributed by atoms with Crippen LogP contribution in [0.1, 0.15) is 26.3 Å². The lowest BCUT2D eigenvalue weighted by Crippen LogP contribution is -2.16. The lowest BCUT2D eigenvalue weighted by molar-refractivity contribution is 0.332. The molecule has 0 spiro atoms. The van der Waals surface area contributed by atoms with Gasteiger partial charge < -0.3 is 15.4 Å². The van der Waals surface area contributed by atoms with Crippen molar-refractivity contribution >= 4 is 17.0 Å². The largest absolute Gasteiger partial charge is 0.392 e. The fourth-order valence-corrected chi connectivity index (χ4v) is 3.82. The van der Waals surface area contributed by atoms with Crippen molar-refractivity contribution in [1.82, 2.24) is 19.5 Å². The van der Waals surface area contributed by atoms with Crippen LogP contribution in [0.3, 0.4) is 0 Å². The van der Waals surface area contributed by atoms with Gasteiger partial charge in [-0.1, -0.05) is 26.0 Å². The molecule has 0 fully saturated rings. The maximum Gasteiger partial charge on any atom is 0.165 e. The summed E-state index contributed by atoms with van der Waals surface area (Å²) in [5, 5.41) is 9.68. The van der Waals surface area contributed by atoms with Crippen LogP contribution >= 0.6 is 0 Å². The van der Waals surface area contributed by atoms with Gasteiger partial charge in [0.15, 0.2) is 11.5 Å². The number of imidazole rings is 1. The van der Waals surface area contributed by atoms with Crippen LogP contribution in [0.5, 0.6) is 0 Å². The molecule has 6 nitrogen and oxygen atoms in total. The SMILES string of the molecule is CC1(C)C=C2C(CO)=CC(n3cnc4c(N)ncnc43)C2C1. The first kappa shape index (κ1) is 13.5. The standard InChI is InChI=1S/C16H19N5O/c1-16(2)4-10-9(6-22)3-12(11(10)5-16)21-8-20-13-14(17)18-7-19-15(13)21/h3-4,7-8,11-12,22H,5-6H2,1-2H3,(H2,17,18,19). The Morgan fingerprint density at radius 2 is 2.18 bits per heavy atom. The van der Waals surface area contributed by atoms with Crippen molar-refractivity contribution in [3.05, 3.63) is 36.0 Å². The molecule has 0 aliphatic heterocycles. The summed E-state index contributed by atoms with van der Waals surface area (Å²) < 4.78 is 2.05. The summed E-state index contributed by atoms with van der Waals surface area (Å²) in [6, 6.07) is 0.120. The van der Waals surface area contributed by atoms with Crippen LogP contribution < -0.4 is 5.73 Å². The van der Waals surface area contributed by atoms with Gasteiger partial charge in [0, 0.05) is 5.92 Å². The summed E-state index contributed by atoms with van der Waals surface area (Å²) in [5.74, 6) is 0.751. The van der Waals surface area contributed by atoms with Crippen LogP contribution in [-0.4, -0.2) is 31.2 Å². The van der Waals surface area contributed by atoms with Crippen molar-refractivity contribution in [3.8, 4) is 0 Å². The lowest BCUT2D eigenvalue weighted by Gasteiger charge is -2.22. The number of hydrogen-bond donors (Lipinski definition) is 2. The zero-order valence-corrected chi connectivity index (χ0v) is 12.7. The first-order chi connectivity index (χ1) is 10.5. The highest BCUT2D eigenvalue weighted by atomic mass is 16.3. The number of anilines is 1. The number of hydrogen-bond acceptors (Lipinski definition) is 5. The number of nitrogens with zero attached hydrogens (tertiary/aromatic N) is 4. The second-order valence-electron chi connectivity index (χ2n) is 6.82. The zero-order valence-electron chi connectivity index (χ0n) is 12.7. The lowest BCUT2D eigenvalue weighted by atomic mass is 9.87. The van der Waals surface area contributed by atoms with Crippen molar-refractivity contribution < 1.29 is 5.11 Å². The highest BCUT2D eigenvalue weighted by molar-refractivity contribution is 5.81. The molecule has 114 valence electrons. The molecule has 0 aromatic carbocycles. The van der Waals surface area contributed by atoms with E-state index in [1.165, 1.54) is 11.9 Å². The first-order valence-electron chi connectivity index (χ1n) is 7.48. The molecular weight excluding hydrogens is 278 g/mol. The molecule has 0 bridgehead atoms. The number of aromatic nitrogens is 4. The Labute approximate surface area is 128 Å². The quantitative estimate of drug-likeness (QED) is 0.883. The number of nitrogen functional groups attached to an aromatic ring is 1. The molecule has 4 rings (SSSR count). The van der Waals surface area contributed by atoms with Gasteiger partial charge in [0.05, 0.1) is 19.0 Å². The second-order valence-corrected chi connectivity index (χ2v) is 6.82. The van der Waals surface area contributed by atoms with Gasteiger partial charge in [-0.25, -0.2) is 15.0 Å². The van der Waals surface area contributed by atoms with E-state index in [9.17, 15) is 5.11 Å². The minimum absolute atomic E-state index is 0.0681. The highest BCUT2D eigenvalue weighted by Gasteiger charge is 2.42. The highest BCUT2D eigenvalue weighted by Crippen LogP contribution is 2.52. The number of allylic oxidation sites excluding steroid dienone is 2. The van der Waals surface area contributed by atoms with Crippen LogP contribution in [0.4, 0.5) is 5.82 Å². The third-order valence-electron chi connectivity index (χ3n) is 4.73. The molecular formula is C16H19N5O. The number of rotatable bonds is 2. The van der Waals surface area contributed by atoms with Crippen molar-refractivity contribution in [3.63, 3.8) is 0 Å². The van der Waals surface area contributed by atoms with Gasteiger partial charge in [-0.05, 0) is 23.0 Å². The molecule has 3 N–H and O–H groups in total. The van der Waals surface area contributed by atoms with Crippen LogP contribution in [0, 0.1) is 11.3 Å². The molecule has 22 heavy (non-hydrogen) atoms. The first-order valence-corrected chi connectivity index (χ1v) is 7.48. The van der Waals surface area contributed by atoms with Gasteiger partial charge in [-0.3, -0.25) is 0 Å². The summed E-state index contributed by atoms with van der Waals surface area (Å²) in [7, 11) is 0. The summed E-state index contributed by atoms with van der Waals surface area (Å²) in [5.41, 5.74) is 9.69. The minimum Gasteiger partial charge on any atom is -0.392 e. The summed E-state index contributed by atoms with van der Waals surface area (Å²) in [6.45, 7) is 4.53. The molecule has 0 saturated carbocycles. The number of fused-ring (bicyclic) bond motifs is 2. The molecule has 2 aromatic heterocycles. The molecule has 6 heteroatoms. The second kappa shape index (κ2) is 4.39. The summed E-state index contributed by atoms with van der Waals surface area (Å²) >= 11 is 0. The van der Waals surface area contributed by atoms with Gasteiger partial charge in [-0.15, -0.1) is 0 Å². The van der Waals surface area contributed by atoms with E-state index in [1.807, 2.05) is 0 Å². The van der Waals surface area contributed by atoms with Crippen molar-refractivity contribution in [2.45, 2.75) is 26.3 Å². The van der Waals surface area contributed by atoms with Gasteiger partial charge in [-0.2, -0.15) is 0 Å². The third kappa shape index (κ3) is 1.80. The normalized spacial score (nSPS) is 26.1. The topological polar surface area (TPSA) is 89.8 Å². The van der Waals surface area contributed by atoms with Crippen LogP contribution in [-0.2, 0) is 0 Å². The molecule has 0 saturated heterocycles. The Balaban J connectivity index is 1.84. The fourth-order valence-electron chi connectivity index (χ4n) is 3.82. The average molecular weight is 297 g/mol. The molecule has 0 radical (unpaired) electrons. The third-order valence-corrected chi connectivity index (χ3v) is 4.73. The minimum atomic E-state index is 0.0681. The van der Waals surface area contributed by atoms with E-state index in [0.29, 0.717) is 17.3 Å². The summed E-state index contributed by atoms with van der Waals surface area (Å²) in [4.78, 5) is 12.7. The van der Waals surface area contributed by atoms with Gasteiger partial charge in [0.2, 0.25) is 0 Å². The number of aliphatic hydroxyl groups is 1. The maximum absolute atomic E-state index is 9.68. The van der Waals surface area contributed by atoms with E-state index in [0.717, 1.165) is 17.6 Å². The van der Waals surface area contributed by atoms with Gasteiger partial charge in [0.25, 0.3) is 0 Å². The van der Waals surface area contributed by atoms with Crippen LogP contribution in [0.2, 0.25) is 0 Å². The Morgan fingerprint density at radius 3 is 2.95 bits per heavy atom. The Hall–Kier alpha value is -2.21. The zero-order chi connectivity index (χ0) is 15.5. The molecule has 0 amide bonds. The Kier molecular flexibility index (Phi) is 2.69. The molecule has 2 aliphatic carbocycles. The molecule has 2 aliphatic rings. The van der Waals surface area contributed by atoms with Gasteiger partial charge in [0.1, 0.15) is 11.8 Å². The summed E-state index contributed by atoms with van der Waals surface area (Å²) in [6.07, 6.45) is 8.72. The van der Waals surface area contributed by atoms with Crippen molar-refractivity contribution in [1.29, 1.82) is 0 Å². The fraction of sp³-hybridized carbons (Fsp3) is 0.438. The van der Waals surface area contributed by atoms with Crippen LogP contribution in [0.15, 0.2) is 36.0 Å². The van der Waals surface area contributed by atoms with Gasteiger partial charge >= 0.3 is 0 Å². The van der Waals surface area contributed by atoms with E-state index >= 15 is 0 Å². The molecule has 2 heterocycles.